The number of carbonyl (C=O) groups is 2. The number of nitro groups is 2. The minimum absolute atomic E-state index is 0.0255. The van der Waals surface area contributed by atoms with Gasteiger partial charge in [-0.15, -0.1) is 0 Å². The summed E-state index contributed by atoms with van der Waals surface area (Å²) in [5.74, 6) is -2.89. The molecule has 0 radical (unpaired) electrons. The van der Waals surface area contributed by atoms with Gasteiger partial charge in [0.1, 0.15) is 19.1 Å². The smallest absolute Gasteiger partial charge is 0.406 e. The van der Waals surface area contributed by atoms with Gasteiger partial charge in [-0.3, -0.25) is 19.6 Å². The average molecular weight is 683 g/mol. The highest BCUT2D eigenvalue weighted by molar-refractivity contribution is 5.95. The minimum atomic E-state index is -0.834. The molecule has 6 rings (SSSR count). The molecule has 6 aromatic heterocycles. The highest BCUT2D eigenvalue weighted by Crippen LogP contribution is 2.32. The third-order valence-electron chi connectivity index (χ3n) is 6.16. The summed E-state index contributed by atoms with van der Waals surface area (Å²) in [5, 5.41) is 41.3. The van der Waals surface area contributed by atoms with Crippen molar-refractivity contribution in [2.24, 2.45) is 5.73 Å². The Balaban J connectivity index is 0.000000195. The fourth-order valence-corrected chi connectivity index (χ4v) is 4.03. The lowest BCUT2D eigenvalue weighted by molar-refractivity contribution is -0.390. The van der Waals surface area contributed by atoms with E-state index in [0.717, 1.165) is 0 Å². The number of primary amides is 1. The first kappa shape index (κ1) is 33.7. The summed E-state index contributed by atoms with van der Waals surface area (Å²) in [7, 11) is 0. The van der Waals surface area contributed by atoms with Crippen LogP contribution in [0.3, 0.4) is 0 Å². The average Bonchev–Trinajstić information content (AvgIpc) is 3.75. The number of nitrogens with two attached hydrogens (primary N) is 1. The summed E-state index contributed by atoms with van der Waals surface area (Å²) in [5.41, 5.74) is 6.07. The van der Waals surface area contributed by atoms with Crippen LogP contribution in [0.4, 0.5) is 11.6 Å². The highest BCUT2D eigenvalue weighted by atomic mass is 16.6. The van der Waals surface area contributed by atoms with Gasteiger partial charge >= 0.3 is 11.6 Å². The van der Waals surface area contributed by atoms with Crippen LogP contribution in [0.25, 0.3) is 11.4 Å². The van der Waals surface area contributed by atoms with Gasteiger partial charge in [0.15, 0.2) is 22.9 Å². The van der Waals surface area contributed by atoms with Gasteiger partial charge in [0, 0.05) is 12.4 Å². The molecule has 2 amide bonds. The lowest BCUT2D eigenvalue weighted by atomic mass is 10.3. The van der Waals surface area contributed by atoms with Gasteiger partial charge in [0.05, 0.1) is 36.2 Å². The SMILES string of the molecule is NC(=O)c1nn(-c2cccnc2)cc1Oc1cccnc1[N+](=O)[O-].O=C(NCO)c1nn(-c2cccnc2)cc1Oc1cccnc1[N+](=O)[O-]. The third-order valence-corrected chi connectivity index (χ3v) is 6.16. The van der Waals surface area contributed by atoms with E-state index in [-0.39, 0.29) is 34.4 Å². The zero-order valence-corrected chi connectivity index (χ0v) is 25.2. The molecule has 50 heavy (non-hydrogen) atoms. The van der Waals surface area contributed by atoms with E-state index in [2.05, 4.69) is 35.5 Å². The number of amides is 2. The quantitative estimate of drug-likeness (QED) is 0.100. The zero-order chi connectivity index (χ0) is 35.6. The van der Waals surface area contributed by atoms with E-state index in [1.165, 1.54) is 70.8 Å². The van der Waals surface area contributed by atoms with Crippen molar-refractivity contribution in [2.75, 3.05) is 6.73 Å². The normalized spacial score (nSPS) is 10.3. The molecule has 21 heteroatoms. The molecule has 21 nitrogen and oxygen atoms in total. The fraction of sp³-hybridized carbons (Fsp3) is 0.0345. The van der Waals surface area contributed by atoms with Crippen molar-refractivity contribution in [3.63, 3.8) is 0 Å². The number of hydrogen-bond donors (Lipinski definition) is 3. The van der Waals surface area contributed by atoms with Crippen molar-refractivity contribution in [2.45, 2.75) is 0 Å². The lowest BCUT2D eigenvalue weighted by Gasteiger charge is -2.05. The first-order chi connectivity index (χ1) is 24.2. The van der Waals surface area contributed by atoms with E-state index in [1.807, 2.05) is 0 Å². The van der Waals surface area contributed by atoms with Crippen LogP contribution in [0.15, 0.2) is 98.1 Å². The van der Waals surface area contributed by atoms with E-state index in [9.17, 15) is 29.8 Å². The van der Waals surface area contributed by atoms with Crippen LogP contribution < -0.4 is 20.5 Å². The second-order valence-electron chi connectivity index (χ2n) is 9.39. The van der Waals surface area contributed by atoms with Crippen LogP contribution in [-0.4, -0.2) is 73.0 Å². The van der Waals surface area contributed by atoms with Gasteiger partial charge in [-0.05, 0) is 68.3 Å². The minimum Gasteiger partial charge on any atom is -0.444 e. The Labute approximate surface area is 278 Å². The van der Waals surface area contributed by atoms with Crippen molar-refractivity contribution in [3.05, 3.63) is 130 Å². The molecule has 0 saturated carbocycles. The van der Waals surface area contributed by atoms with Gasteiger partial charge in [-0.1, -0.05) is 0 Å². The third kappa shape index (κ3) is 7.81. The standard InChI is InChI=1S/C15H12N6O5.C14H10N6O4/c22-9-18-15(23)13-12(8-20(19-13)10-3-1-5-16-7-10)26-11-4-2-6-17-14(11)21(24)25;15-13(21)12-11(8-19(18-12)9-3-1-5-16-7-9)24-10-4-2-6-17-14(10)20(22)23/h1-8,22H,9H2,(H,18,23);1-8H,(H2,15,21). The van der Waals surface area contributed by atoms with Crippen LogP contribution in [0.2, 0.25) is 0 Å². The van der Waals surface area contributed by atoms with Gasteiger partial charge in [0.2, 0.25) is 11.5 Å². The molecule has 6 aromatic rings. The molecule has 0 atom stereocenters. The van der Waals surface area contributed by atoms with Crippen molar-refractivity contribution in [3.8, 4) is 34.4 Å². The lowest BCUT2D eigenvalue weighted by Crippen LogP contribution is -2.25. The molecular weight excluding hydrogens is 660 g/mol. The number of aromatic nitrogens is 8. The number of pyridine rings is 4. The summed E-state index contributed by atoms with van der Waals surface area (Å²) in [6.45, 7) is -0.606. The number of hydrogen-bond acceptors (Lipinski definition) is 15. The Hall–Kier alpha value is -7.68. The van der Waals surface area contributed by atoms with E-state index in [1.54, 1.807) is 36.7 Å². The first-order valence-corrected chi connectivity index (χ1v) is 13.9. The largest absolute Gasteiger partial charge is 0.444 e. The van der Waals surface area contributed by atoms with Crippen LogP contribution in [0, 0.1) is 20.2 Å². The summed E-state index contributed by atoms with van der Waals surface area (Å²) in [4.78, 5) is 59.6. The van der Waals surface area contributed by atoms with Crippen LogP contribution >= 0.6 is 0 Å². The number of aliphatic hydroxyl groups excluding tert-OH is 1. The van der Waals surface area contributed by atoms with Crippen molar-refractivity contribution >= 4 is 23.5 Å². The summed E-state index contributed by atoms with van der Waals surface area (Å²) in [6, 6.07) is 12.4. The Bertz CT molecular complexity index is 2160. The number of nitrogens with zero attached hydrogens (tertiary/aromatic N) is 10. The van der Waals surface area contributed by atoms with Crippen LogP contribution in [0.1, 0.15) is 21.0 Å². The maximum atomic E-state index is 12.1. The Morgan fingerprint density at radius 2 is 1.20 bits per heavy atom. The van der Waals surface area contributed by atoms with Gasteiger partial charge in [-0.25, -0.2) is 9.36 Å². The van der Waals surface area contributed by atoms with Crippen LogP contribution in [-0.2, 0) is 0 Å². The Kier molecular flexibility index (Phi) is 10.3. The predicted octanol–water partition coefficient (Wildman–Crippen LogP) is 2.50. The maximum absolute atomic E-state index is 12.1. The first-order valence-electron chi connectivity index (χ1n) is 13.9. The summed E-state index contributed by atoms with van der Waals surface area (Å²) >= 11 is 0. The molecule has 0 fully saturated rings. The second kappa shape index (κ2) is 15.3. The van der Waals surface area contributed by atoms with E-state index < -0.39 is 40.0 Å². The molecule has 0 aromatic carbocycles. The molecule has 0 aliphatic heterocycles. The zero-order valence-electron chi connectivity index (χ0n) is 25.2. The van der Waals surface area contributed by atoms with Crippen molar-refractivity contribution < 1.29 is 34.0 Å². The predicted molar refractivity (Wildman–Crippen MR) is 168 cm³/mol. The molecule has 0 unspecified atom stereocenters. The fourth-order valence-electron chi connectivity index (χ4n) is 4.03. The number of carbonyl (C=O) groups excluding carboxylic acids is 2. The van der Waals surface area contributed by atoms with E-state index in [4.69, 9.17) is 20.3 Å². The number of ether oxygens (including phenoxy) is 2. The van der Waals surface area contributed by atoms with Crippen LogP contribution in [0.5, 0.6) is 23.0 Å². The van der Waals surface area contributed by atoms with E-state index >= 15 is 0 Å². The van der Waals surface area contributed by atoms with Crippen molar-refractivity contribution in [1.82, 2.24) is 44.8 Å². The topological polar surface area (TPSA) is 284 Å². The number of rotatable bonds is 11. The number of aliphatic hydroxyl groups is 1. The molecule has 0 bridgehead atoms. The number of nitrogens with one attached hydrogen (secondary N) is 1. The molecule has 252 valence electrons. The molecule has 0 aliphatic rings. The molecule has 0 spiro atoms. The van der Waals surface area contributed by atoms with Gasteiger partial charge < -0.3 is 45.9 Å². The Morgan fingerprint density at radius 1 is 0.740 bits per heavy atom. The molecule has 0 aliphatic carbocycles. The monoisotopic (exact) mass is 682 g/mol. The summed E-state index contributed by atoms with van der Waals surface area (Å²) in [6.07, 6.45) is 11.5. The van der Waals surface area contributed by atoms with Crippen molar-refractivity contribution in [1.29, 1.82) is 0 Å². The summed E-state index contributed by atoms with van der Waals surface area (Å²) < 4.78 is 13.6. The Morgan fingerprint density at radius 3 is 1.62 bits per heavy atom. The molecule has 6 heterocycles. The molecule has 4 N–H and O–H groups in total. The molecular formula is C29H22N12O9. The second-order valence-corrected chi connectivity index (χ2v) is 9.39. The van der Waals surface area contributed by atoms with Gasteiger partial charge in [0.25, 0.3) is 11.8 Å². The highest BCUT2D eigenvalue weighted by Gasteiger charge is 2.24. The molecule has 0 saturated heterocycles. The van der Waals surface area contributed by atoms with E-state index in [0.29, 0.717) is 11.4 Å². The van der Waals surface area contributed by atoms with Gasteiger partial charge in [-0.2, -0.15) is 10.2 Å². The maximum Gasteiger partial charge on any atom is 0.406 e.